The second-order valence-electron chi connectivity index (χ2n) is 6.24. The Morgan fingerprint density at radius 1 is 0.630 bits per heavy atom. The van der Waals surface area contributed by atoms with Gasteiger partial charge in [0.05, 0.1) is 32.3 Å². The Labute approximate surface area is 149 Å². The molecule has 0 radical (unpaired) electrons. The Hall–Kier alpha value is -3.09. The quantitative estimate of drug-likeness (QED) is 0.384. The van der Waals surface area contributed by atoms with Crippen LogP contribution in [0.25, 0.3) is 0 Å². The SMILES string of the molecule is O=C1OCC(Cn2c(=O)n(CC3CO3)c(=O)n(CC3COC(=O)O3)c2=O)O1. The molecule has 0 amide bonds. The smallest absolute Gasteiger partial charge is 0.430 e. The zero-order chi connectivity index (χ0) is 19.1. The van der Waals surface area contributed by atoms with Crippen LogP contribution in [0.1, 0.15) is 0 Å². The molecule has 0 saturated carbocycles. The van der Waals surface area contributed by atoms with Crippen LogP contribution in [0.3, 0.4) is 0 Å². The Kier molecular flexibility index (Phi) is 4.22. The van der Waals surface area contributed by atoms with Gasteiger partial charge in [-0.1, -0.05) is 0 Å². The summed E-state index contributed by atoms with van der Waals surface area (Å²) in [6, 6.07) is 0. The van der Waals surface area contributed by atoms with Gasteiger partial charge in [-0.2, -0.15) is 0 Å². The monoisotopic (exact) mass is 385 g/mol. The first-order valence-electron chi connectivity index (χ1n) is 8.15. The summed E-state index contributed by atoms with van der Waals surface area (Å²) >= 11 is 0. The van der Waals surface area contributed by atoms with Gasteiger partial charge in [-0.3, -0.25) is 0 Å². The first-order valence-corrected chi connectivity index (χ1v) is 8.15. The minimum absolute atomic E-state index is 0.0279. The summed E-state index contributed by atoms with van der Waals surface area (Å²) in [5, 5.41) is 0. The predicted octanol–water partition coefficient (Wildman–Crippen LogP) is -2.36. The van der Waals surface area contributed by atoms with E-state index in [1.54, 1.807) is 0 Å². The van der Waals surface area contributed by atoms with Crippen LogP contribution in [0.5, 0.6) is 0 Å². The van der Waals surface area contributed by atoms with Crippen LogP contribution in [0.15, 0.2) is 14.4 Å². The van der Waals surface area contributed by atoms with Crippen LogP contribution in [0.4, 0.5) is 9.59 Å². The molecule has 4 heterocycles. The Morgan fingerprint density at radius 2 is 1.00 bits per heavy atom. The van der Waals surface area contributed by atoms with Gasteiger partial charge in [0.2, 0.25) is 0 Å². The second kappa shape index (κ2) is 6.57. The van der Waals surface area contributed by atoms with E-state index in [2.05, 4.69) is 9.47 Å². The van der Waals surface area contributed by atoms with Crippen molar-refractivity contribution in [3.63, 3.8) is 0 Å². The molecule has 0 N–H and O–H groups in total. The highest BCUT2D eigenvalue weighted by Gasteiger charge is 2.32. The lowest BCUT2D eigenvalue weighted by atomic mass is 10.3. The number of carbonyl (C=O) groups is 2. The average Bonchev–Trinajstić information content (AvgIpc) is 3.22. The second-order valence-corrected chi connectivity index (χ2v) is 6.24. The number of ether oxygens (including phenoxy) is 5. The van der Waals surface area contributed by atoms with Crippen LogP contribution in [-0.2, 0) is 43.3 Å². The van der Waals surface area contributed by atoms with E-state index in [-0.39, 0.29) is 39.0 Å². The van der Waals surface area contributed by atoms with Gasteiger partial charge in [-0.15, -0.1) is 0 Å². The van der Waals surface area contributed by atoms with Gasteiger partial charge in [-0.05, 0) is 0 Å². The van der Waals surface area contributed by atoms with E-state index in [4.69, 9.17) is 14.2 Å². The molecule has 3 unspecified atom stereocenters. The van der Waals surface area contributed by atoms with Crippen molar-refractivity contribution in [1.29, 1.82) is 0 Å². The van der Waals surface area contributed by atoms with Crippen molar-refractivity contribution in [2.24, 2.45) is 0 Å². The highest BCUT2D eigenvalue weighted by molar-refractivity contribution is 5.62. The zero-order valence-corrected chi connectivity index (χ0v) is 13.9. The lowest BCUT2D eigenvalue weighted by molar-refractivity contribution is 0.110. The van der Waals surface area contributed by atoms with Gasteiger partial charge >= 0.3 is 29.4 Å². The number of epoxide rings is 1. The Bertz CT molecular complexity index is 889. The molecule has 13 nitrogen and oxygen atoms in total. The van der Waals surface area contributed by atoms with Gasteiger partial charge in [0.25, 0.3) is 0 Å². The summed E-state index contributed by atoms with van der Waals surface area (Å²) < 4.78 is 26.5. The predicted molar refractivity (Wildman–Crippen MR) is 81.4 cm³/mol. The molecule has 4 rings (SSSR count). The third-order valence-electron chi connectivity index (χ3n) is 4.25. The molecule has 3 saturated heterocycles. The van der Waals surface area contributed by atoms with E-state index in [1.807, 2.05) is 0 Å². The van der Waals surface area contributed by atoms with Gasteiger partial charge < -0.3 is 23.7 Å². The largest absolute Gasteiger partial charge is 0.508 e. The van der Waals surface area contributed by atoms with Crippen molar-refractivity contribution in [1.82, 2.24) is 13.7 Å². The third-order valence-corrected chi connectivity index (χ3v) is 4.25. The van der Waals surface area contributed by atoms with E-state index in [9.17, 15) is 24.0 Å². The van der Waals surface area contributed by atoms with Crippen molar-refractivity contribution in [2.75, 3.05) is 19.8 Å². The van der Waals surface area contributed by atoms with Crippen molar-refractivity contribution < 1.29 is 33.3 Å². The highest BCUT2D eigenvalue weighted by atomic mass is 16.8. The minimum Gasteiger partial charge on any atom is -0.430 e. The number of aromatic nitrogens is 3. The first-order chi connectivity index (χ1) is 12.9. The molecule has 3 aliphatic heterocycles. The first kappa shape index (κ1) is 17.3. The van der Waals surface area contributed by atoms with Crippen LogP contribution in [0, 0.1) is 0 Å². The molecular weight excluding hydrogens is 370 g/mol. The van der Waals surface area contributed by atoms with E-state index in [0.29, 0.717) is 6.61 Å². The molecule has 3 fully saturated rings. The molecule has 0 aromatic carbocycles. The van der Waals surface area contributed by atoms with Crippen molar-refractivity contribution in [3.05, 3.63) is 31.5 Å². The summed E-state index contributed by atoms with van der Waals surface area (Å²) in [5.74, 6) is 0. The van der Waals surface area contributed by atoms with Crippen LogP contribution in [-0.4, -0.2) is 64.1 Å². The fourth-order valence-electron chi connectivity index (χ4n) is 2.85. The molecule has 0 bridgehead atoms. The maximum Gasteiger partial charge on any atom is 0.508 e. The third kappa shape index (κ3) is 3.45. The Balaban J connectivity index is 1.72. The number of hydrogen-bond donors (Lipinski definition) is 0. The Morgan fingerprint density at radius 3 is 1.30 bits per heavy atom. The molecule has 0 spiro atoms. The van der Waals surface area contributed by atoms with Gasteiger partial charge in [0.1, 0.15) is 13.2 Å². The number of carbonyl (C=O) groups excluding carboxylic acids is 2. The molecule has 27 heavy (non-hydrogen) atoms. The molecule has 146 valence electrons. The van der Waals surface area contributed by atoms with Gasteiger partial charge in [-0.25, -0.2) is 37.7 Å². The summed E-state index contributed by atoms with van der Waals surface area (Å²) in [7, 11) is 0. The highest BCUT2D eigenvalue weighted by Crippen LogP contribution is 2.10. The molecule has 3 aliphatic rings. The van der Waals surface area contributed by atoms with Gasteiger partial charge in [0, 0.05) is 0 Å². The number of nitrogens with zero attached hydrogens (tertiary/aromatic N) is 3. The fraction of sp³-hybridized carbons (Fsp3) is 0.643. The topological polar surface area (TPSA) is 150 Å². The van der Waals surface area contributed by atoms with Crippen LogP contribution >= 0.6 is 0 Å². The molecule has 3 atom stereocenters. The van der Waals surface area contributed by atoms with E-state index in [1.165, 1.54) is 0 Å². The molecule has 1 aromatic heterocycles. The van der Waals surface area contributed by atoms with Gasteiger partial charge in [0.15, 0.2) is 12.2 Å². The molecular formula is C14H15N3O10. The standard InChI is InChI=1S/C14H15N3O10/c18-10-15(1-7-4-23-7)11(19)17(3-9-6-25-14(22)27-9)12(20)16(10)2-8-5-24-13(21)26-8/h7-9H,1-6H2. The lowest BCUT2D eigenvalue weighted by Gasteiger charge is -2.16. The maximum absolute atomic E-state index is 12.7. The minimum atomic E-state index is -0.913. The van der Waals surface area contributed by atoms with Crippen molar-refractivity contribution >= 4 is 12.3 Å². The van der Waals surface area contributed by atoms with E-state index in [0.717, 1.165) is 13.7 Å². The maximum atomic E-state index is 12.7. The summed E-state index contributed by atoms with van der Waals surface area (Å²) in [6.45, 7) is -0.438. The molecule has 0 aliphatic carbocycles. The number of cyclic esters (lactones) is 4. The zero-order valence-electron chi connectivity index (χ0n) is 13.9. The number of hydrogen-bond acceptors (Lipinski definition) is 10. The van der Waals surface area contributed by atoms with Crippen LogP contribution < -0.4 is 17.1 Å². The van der Waals surface area contributed by atoms with Crippen LogP contribution in [0.2, 0.25) is 0 Å². The van der Waals surface area contributed by atoms with E-state index >= 15 is 0 Å². The number of rotatable bonds is 6. The van der Waals surface area contributed by atoms with Crippen molar-refractivity contribution in [2.45, 2.75) is 37.9 Å². The average molecular weight is 385 g/mol. The normalized spacial score (nSPS) is 26.3. The molecule has 1 aromatic rings. The molecule has 13 heteroatoms. The van der Waals surface area contributed by atoms with E-state index < -0.39 is 41.6 Å². The summed E-state index contributed by atoms with van der Waals surface area (Å²) in [4.78, 5) is 60.2. The summed E-state index contributed by atoms with van der Waals surface area (Å²) in [5.41, 5.74) is -2.61. The summed E-state index contributed by atoms with van der Waals surface area (Å²) in [6.07, 6.45) is -3.78. The lowest BCUT2D eigenvalue weighted by Crippen LogP contribution is -2.56. The fourth-order valence-corrected chi connectivity index (χ4v) is 2.85. The van der Waals surface area contributed by atoms with Crippen molar-refractivity contribution in [3.8, 4) is 0 Å².